The molecule has 0 radical (unpaired) electrons. The standard InChI is InChI=1S/C15H13BrO/c16-14-9-4-10-15(12-14)17-11-5-8-13-6-2-1-3-7-13/h1-10,12H,11H2/b8-5-. The van der Waals surface area contributed by atoms with Crippen molar-refractivity contribution in [1.29, 1.82) is 0 Å². The van der Waals surface area contributed by atoms with E-state index in [1.807, 2.05) is 48.5 Å². The van der Waals surface area contributed by atoms with Gasteiger partial charge in [-0.15, -0.1) is 0 Å². The maximum Gasteiger partial charge on any atom is 0.120 e. The highest BCUT2D eigenvalue weighted by atomic mass is 79.9. The zero-order chi connectivity index (χ0) is 11.9. The van der Waals surface area contributed by atoms with Crippen LogP contribution in [0.15, 0.2) is 65.1 Å². The lowest BCUT2D eigenvalue weighted by atomic mass is 10.2. The average Bonchev–Trinajstić information content (AvgIpc) is 2.36. The third-order valence-electron chi connectivity index (χ3n) is 2.25. The summed E-state index contributed by atoms with van der Waals surface area (Å²) in [5, 5.41) is 0. The molecule has 0 aliphatic carbocycles. The van der Waals surface area contributed by atoms with Crippen LogP contribution in [-0.2, 0) is 0 Å². The molecule has 0 saturated heterocycles. The normalized spacial score (nSPS) is 10.6. The lowest BCUT2D eigenvalue weighted by Gasteiger charge is -2.02. The van der Waals surface area contributed by atoms with Crippen LogP contribution in [0.5, 0.6) is 5.75 Å². The second kappa shape index (κ2) is 6.26. The second-order valence-corrected chi connectivity index (χ2v) is 4.50. The summed E-state index contributed by atoms with van der Waals surface area (Å²) in [5.74, 6) is 0.872. The third kappa shape index (κ3) is 4.08. The van der Waals surface area contributed by atoms with Gasteiger partial charge in [-0.05, 0) is 29.8 Å². The fraction of sp³-hybridized carbons (Fsp3) is 0.0667. The molecule has 0 bridgehead atoms. The minimum atomic E-state index is 0.575. The summed E-state index contributed by atoms with van der Waals surface area (Å²) in [4.78, 5) is 0. The number of ether oxygens (including phenoxy) is 1. The summed E-state index contributed by atoms with van der Waals surface area (Å²) in [6.07, 6.45) is 4.06. The second-order valence-electron chi connectivity index (χ2n) is 3.58. The van der Waals surface area contributed by atoms with Gasteiger partial charge >= 0.3 is 0 Å². The predicted octanol–water partition coefficient (Wildman–Crippen LogP) is 4.54. The minimum absolute atomic E-state index is 0.575. The quantitative estimate of drug-likeness (QED) is 0.802. The molecule has 0 heterocycles. The van der Waals surface area contributed by atoms with Gasteiger partial charge in [0.2, 0.25) is 0 Å². The SMILES string of the molecule is Brc1cccc(OC/C=C\c2ccccc2)c1. The van der Waals surface area contributed by atoms with E-state index < -0.39 is 0 Å². The summed E-state index contributed by atoms with van der Waals surface area (Å²) in [6, 6.07) is 18.0. The topological polar surface area (TPSA) is 9.23 Å². The predicted molar refractivity (Wildman–Crippen MR) is 75.1 cm³/mol. The van der Waals surface area contributed by atoms with Gasteiger partial charge in [-0.3, -0.25) is 0 Å². The summed E-state index contributed by atoms with van der Waals surface area (Å²) < 4.78 is 6.62. The maximum atomic E-state index is 5.59. The smallest absolute Gasteiger partial charge is 0.120 e. The van der Waals surface area contributed by atoms with Gasteiger partial charge in [-0.25, -0.2) is 0 Å². The molecule has 1 nitrogen and oxygen atoms in total. The van der Waals surface area contributed by atoms with E-state index in [2.05, 4.69) is 34.1 Å². The molecule has 0 aliphatic heterocycles. The van der Waals surface area contributed by atoms with E-state index >= 15 is 0 Å². The number of hydrogen-bond donors (Lipinski definition) is 0. The van der Waals surface area contributed by atoms with Crippen molar-refractivity contribution in [3.05, 3.63) is 70.7 Å². The Morgan fingerprint density at radius 3 is 2.59 bits per heavy atom. The number of rotatable bonds is 4. The molecule has 0 spiro atoms. The van der Waals surface area contributed by atoms with E-state index in [0.717, 1.165) is 10.2 Å². The Morgan fingerprint density at radius 1 is 1.00 bits per heavy atom. The molecule has 0 atom stereocenters. The van der Waals surface area contributed by atoms with Crippen LogP contribution in [-0.4, -0.2) is 6.61 Å². The van der Waals surface area contributed by atoms with Crippen molar-refractivity contribution in [3.63, 3.8) is 0 Å². The Morgan fingerprint density at radius 2 is 1.82 bits per heavy atom. The summed E-state index contributed by atoms with van der Waals surface area (Å²) in [7, 11) is 0. The van der Waals surface area contributed by atoms with Crippen LogP contribution in [0.25, 0.3) is 6.08 Å². The first-order chi connectivity index (χ1) is 8.34. The van der Waals surface area contributed by atoms with Crippen molar-refractivity contribution in [3.8, 4) is 5.75 Å². The molecule has 2 aromatic carbocycles. The van der Waals surface area contributed by atoms with Crippen LogP contribution in [0.3, 0.4) is 0 Å². The summed E-state index contributed by atoms with van der Waals surface area (Å²) in [6.45, 7) is 0.575. The van der Waals surface area contributed by atoms with Crippen LogP contribution in [0.1, 0.15) is 5.56 Å². The van der Waals surface area contributed by atoms with Gasteiger partial charge in [0.1, 0.15) is 12.4 Å². The number of benzene rings is 2. The van der Waals surface area contributed by atoms with Gasteiger partial charge in [0.25, 0.3) is 0 Å². The molecule has 0 aromatic heterocycles. The Balaban J connectivity index is 1.86. The van der Waals surface area contributed by atoms with Crippen molar-refractivity contribution >= 4 is 22.0 Å². The maximum absolute atomic E-state index is 5.59. The van der Waals surface area contributed by atoms with E-state index in [4.69, 9.17) is 4.74 Å². The van der Waals surface area contributed by atoms with Gasteiger partial charge in [0, 0.05) is 4.47 Å². The molecule has 0 unspecified atom stereocenters. The number of hydrogen-bond acceptors (Lipinski definition) is 1. The lowest BCUT2D eigenvalue weighted by molar-refractivity contribution is 0.363. The van der Waals surface area contributed by atoms with Crippen molar-refractivity contribution in [1.82, 2.24) is 0 Å². The lowest BCUT2D eigenvalue weighted by Crippen LogP contribution is -1.92. The number of halogens is 1. The highest BCUT2D eigenvalue weighted by molar-refractivity contribution is 9.10. The van der Waals surface area contributed by atoms with Gasteiger partial charge in [-0.2, -0.15) is 0 Å². The molecule has 2 heteroatoms. The molecule has 17 heavy (non-hydrogen) atoms. The van der Waals surface area contributed by atoms with Crippen LogP contribution in [0, 0.1) is 0 Å². The van der Waals surface area contributed by atoms with Gasteiger partial charge in [0.05, 0.1) is 0 Å². The molecule has 0 aliphatic rings. The first kappa shape index (κ1) is 11.9. The molecule has 86 valence electrons. The zero-order valence-corrected chi connectivity index (χ0v) is 10.9. The Kier molecular flexibility index (Phi) is 4.39. The molecule has 0 amide bonds. The van der Waals surface area contributed by atoms with E-state index in [-0.39, 0.29) is 0 Å². The largest absolute Gasteiger partial charge is 0.489 e. The fourth-order valence-corrected chi connectivity index (χ4v) is 1.83. The average molecular weight is 289 g/mol. The molecule has 2 rings (SSSR count). The van der Waals surface area contributed by atoms with E-state index in [1.54, 1.807) is 0 Å². The van der Waals surface area contributed by atoms with Crippen molar-refractivity contribution < 1.29 is 4.74 Å². The van der Waals surface area contributed by atoms with Crippen LogP contribution >= 0.6 is 15.9 Å². The zero-order valence-electron chi connectivity index (χ0n) is 9.34. The van der Waals surface area contributed by atoms with Crippen LogP contribution in [0.2, 0.25) is 0 Å². The first-order valence-electron chi connectivity index (χ1n) is 5.44. The van der Waals surface area contributed by atoms with Crippen molar-refractivity contribution in [2.75, 3.05) is 6.61 Å². The molecule has 0 fully saturated rings. The Bertz CT molecular complexity index is 491. The summed E-state index contributed by atoms with van der Waals surface area (Å²) in [5.41, 5.74) is 1.19. The molecular weight excluding hydrogens is 276 g/mol. The van der Waals surface area contributed by atoms with Crippen LogP contribution < -0.4 is 4.74 Å². The molecule has 0 N–H and O–H groups in total. The van der Waals surface area contributed by atoms with E-state index in [9.17, 15) is 0 Å². The minimum Gasteiger partial charge on any atom is -0.489 e. The summed E-state index contributed by atoms with van der Waals surface area (Å²) >= 11 is 3.41. The Labute approximate surface area is 110 Å². The highest BCUT2D eigenvalue weighted by Crippen LogP contribution is 2.17. The van der Waals surface area contributed by atoms with Gasteiger partial charge in [0.15, 0.2) is 0 Å². The van der Waals surface area contributed by atoms with Crippen LogP contribution in [0.4, 0.5) is 0 Å². The van der Waals surface area contributed by atoms with Crippen molar-refractivity contribution in [2.45, 2.75) is 0 Å². The highest BCUT2D eigenvalue weighted by Gasteiger charge is 1.92. The molecule has 2 aromatic rings. The first-order valence-corrected chi connectivity index (χ1v) is 6.24. The monoisotopic (exact) mass is 288 g/mol. The molecular formula is C15H13BrO. The third-order valence-corrected chi connectivity index (χ3v) is 2.75. The van der Waals surface area contributed by atoms with Gasteiger partial charge < -0.3 is 4.74 Å². The van der Waals surface area contributed by atoms with E-state index in [1.165, 1.54) is 5.56 Å². The Hall–Kier alpha value is -1.54. The van der Waals surface area contributed by atoms with E-state index in [0.29, 0.717) is 6.61 Å². The van der Waals surface area contributed by atoms with Gasteiger partial charge in [-0.1, -0.05) is 58.4 Å². The fourth-order valence-electron chi connectivity index (χ4n) is 1.45. The molecule has 0 saturated carbocycles. The van der Waals surface area contributed by atoms with Crippen molar-refractivity contribution in [2.24, 2.45) is 0 Å².